The van der Waals surface area contributed by atoms with Crippen LogP contribution in [0.4, 0.5) is 0 Å². The molecule has 1 aromatic carbocycles. The van der Waals surface area contributed by atoms with Crippen molar-refractivity contribution in [3.63, 3.8) is 0 Å². The largest absolute Gasteiger partial charge is 0.463 e. The summed E-state index contributed by atoms with van der Waals surface area (Å²) in [5.74, 6) is 1.53. The summed E-state index contributed by atoms with van der Waals surface area (Å²) in [5, 5.41) is 10.1. The van der Waals surface area contributed by atoms with Crippen molar-refractivity contribution in [2.24, 2.45) is 0 Å². The highest BCUT2D eigenvalue weighted by molar-refractivity contribution is 7.98. The van der Waals surface area contributed by atoms with Crippen molar-refractivity contribution in [2.45, 2.75) is 17.8 Å². The second-order valence-corrected chi connectivity index (χ2v) is 7.74. The monoisotopic (exact) mass is 440 g/mol. The molecule has 0 aliphatic heterocycles. The number of rotatable bonds is 6. The molecule has 0 unspecified atom stereocenters. The molecule has 0 spiro atoms. The number of ether oxygens (including phenoxy) is 1. The van der Waals surface area contributed by atoms with Crippen LogP contribution in [-0.4, -0.2) is 32.8 Å². The molecule has 0 radical (unpaired) electrons. The van der Waals surface area contributed by atoms with Crippen LogP contribution < -0.4 is 0 Å². The predicted octanol–water partition coefficient (Wildman–Crippen LogP) is 4.96. The maximum atomic E-state index is 11.8. The van der Waals surface area contributed by atoms with E-state index in [0.29, 0.717) is 27.5 Å². The van der Waals surface area contributed by atoms with Gasteiger partial charge in [0, 0.05) is 34.2 Å². The first-order valence-corrected chi connectivity index (χ1v) is 10.4. The van der Waals surface area contributed by atoms with Gasteiger partial charge in [0.25, 0.3) is 0 Å². The number of halogens is 1. The Morgan fingerprint density at radius 1 is 1.17 bits per heavy atom. The fourth-order valence-corrected chi connectivity index (χ4v) is 3.88. The number of thioether (sulfide) groups is 1. The van der Waals surface area contributed by atoms with E-state index in [1.807, 2.05) is 54.0 Å². The molecule has 152 valence electrons. The lowest BCUT2D eigenvalue weighted by atomic mass is 10.2. The van der Waals surface area contributed by atoms with Crippen LogP contribution in [0.2, 0.25) is 5.02 Å². The lowest BCUT2D eigenvalue weighted by Gasteiger charge is -2.10. The topological polar surface area (TPSA) is 83.0 Å². The van der Waals surface area contributed by atoms with Crippen molar-refractivity contribution >= 4 is 29.3 Å². The van der Waals surface area contributed by atoms with E-state index < -0.39 is 5.97 Å². The molecule has 0 aliphatic carbocycles. The number of benzene rings is 1. The number of aromatic nitrogens is 4. The molecule has 0 fully saturated rings. The highest BCUT2D eigenvalue weighted by Crippen LogP contribution is 2.31. The molecular formula is C21H17ClN4O3S. The lowest BCUT2D eigenvalue weighted by Crippen LogP contribution is -2.00. The first-order valence-electron chi connectivity index (χ1n) is 8.99. The van der Waals surface area contributed by atoms with Crippen LogP contribution in [-0.2, 0) is 10.5 Å². The van der Waals surface area contributed by atoms with Crippen LogP contribution in [0.5, 0.6) is 0 Å². The highest BCUT2D eigenvalue weighted by Gasteiger charge is 2.19. The summed E-state index contributed by atoms with van der Waals surface area (Å²) in [4.78, 5) is 15.9. The van der Waals surface area contributed by atoms with Crippen LogP contribution in [0.25, 0.3) is 17.1 Å². The van der Waals surface area contributed by atoms with E-state index in [4.69, 9.17) is 20.8 Å². The standard InChI is InChI=1S/C21H17ClN4O3S/c1-13-11-17(29-18(13)20(27)28-2)12-30-21-25-24-19(14-7-9-23-10-8-14)26(21)16-5-3-15(22)4-6-16/h3-11H,12H2,1-2H3. The van der Waals surface area contributed by atoms with E-state index >= 15 is 0 Å². The molecule has 0 saturated heterocycles. The van der Waals surface area contributed by atoms with E-state index in [1.165, 1.54) is 18.9 Å². The Bertz CT molecular complexity index is 1170. The summed E-state index contributed by atoms with van der Waals surface area (Å²) in [6.07, 6.45) is 3.42. The zero-order valence-corrected chi connectivity index (χ0v) is 17.8. The molecule has 9 heteroatoms. The Kier molecular flexibility index (Phi) is 5.87. The minimum Gasteiger partial charge on any atom is -0.463 e. The quantitative estimate of drug-likeness (QED) is 0.309. The maximum Gasteiger partial charge on any atom is 0.374 e. The van der Waals surface area contributed by atoms with Crippen molar-refractivity contribution in [3.8, 4) is 17.1 Å². The third kappa shape index (κ3) is 4.10. The zero-order chi connectivity index (χ0) is 21.1. The van der Waals surface area contributed by atoms with Gasteiger partial charge < -0.3 is 9.15 Å². The SMILES string of the molecule is COC(=O)c1oc(CSc2nnc(-c3ccncc3)n2-c2ccc(Cl)cc2)cc1C. The van der Waals surface area contributed by atoms with Gasteiger partial charge in [-0.15, -0.1) is 10.2 Å². The summed E-state index contributed by atoms with van der Waals surface area (Å²) in [7, 11) is 1.33. The third-order valence-corrected chi connectivity index (χ3v) is 5.54. The average Bonchev–Trinajstić information content (AvgIpc) is 3.36. The number of furan rings is 1. The van der Waals surface area contributed by atoms with Crippen molar-refractivity contribution in [3.05, 3.63) is 77.0 Å². The van der Waals surface area contributed by atoms with Crippen LogP contribution in [0.1, 0.15) is 21.9 Å². The molecule has 0 aliphatic rings. The molecular weight excluding hydrogens is 424 g/mol. The molecule has 7 nitrogen and oxygen atoms in total. The van der Waals surface area contributed by atoms with E-state index in [0.717, 1.165) is 16.8 Å². The molecule has 3 heterocycles. The fourth-order valence-electron chi connectivity index (χ4n) is 2.92. The average molecular weight is 441 g/mol. The van der Waals surface area contributed by atoms with Gasteiger partial charge >= 0.3 is 5.97 Å². The number of methoxy groups -OCH3 is 1. The van der Waals surface area contributed by atoms with E-state index in [2.05, 4.69) is 15.2 Å². The van der Waals surface area contributed by atoms with Gasteiger partial charge in [-0.25, -0.2) is 4.79 Å². The van der Waals surface area contributed by atoms with E-state index in [-0.39, 0.29) is 5.76 Å². The number of esters is 1. The van der Waals surface area contributed by atoms with Gasteiger partial charge in [0.15, 0.2) is 11.0 Å². The Morgan fingerprint density at radius 3 is 2.60 bits per heavy atom. The lowest BCUT2D eigenvalue weighted by molar-refractivity contribution is 0.0562. The molecule has 4 aromatic rings. The van der Waals surface area contributed by atoms with Gasteiger partial charge in [-0.2, -0.15) is 0 Å². The van der Waals surface area contributed by atoms with Gasteiger partial charge in [0.1, 0.15) is 5.76 Å². The number of carbonyl (C=O) groups excluding carboxylic acids is 1. The van der Waals surface area contributed by atoms with Crippen LogP contribution >= 0.6 is 23.4 Å². The summed E-state index contributed by atoms with van der Waals surface area (Å²) in [6, 6.07) is 13.0. The highest BCUT2D eigenvalue weighted by atomic mass is 35.5. The Labute approximate surface area is 182 Å². The van der Waals surface area contributed by atoms with Crippen molar-refractivity contribution in [2.75, 3.05) is 7.11 Å². The first-order chi connectivity index (χ1) is 14.6. The molecule has 0 N–H and O–H groups in total. The zero-order valence-electron chi connectivity index (χ0n) is 16.2. The number of hydrogen-bond donors (Lipinski definition) is 0. The van der Waals surface area contributed by atoms with Crippen LogP contribution in [0.15, 0.2) is 64.4 Å². The van der Waals surface area contributed by atoms with Gasteiger partial charge in [-0.1, -0.05) is 23.4 Å². The predicted molar refractivity (Wildman–Crippen MR) is 114 cm³/mol. The van der Waals surface area contributed by atoms with Gasteiger partial charge in [-0.05, 0) is 49.4 Å². The van der Waals surface area contributed by atoms with Crippen LogP contribution in [0.3, 0.4) is 0 Å². The summed E-state index contributed by atoms with van der Waals surface area (Å²) in [5.41, 5.74) is 2.50. The second kappa shape index (κ2) is 8.73. The smallest absolute Gasteiger partial charge is 0.374 e. The molecule has 30 heavy (non-hydrogen) atoms. The summed E-state index contributed by atoms with van der Waals surface area (Å²) < 4.78 is 12.4. The van der Waals surface area contributed by atoms with E-state index in [1.54, 1.807) is 12.4 Å². The van der Waals surface area contributed by atoms with Crippen LogP contribution in [0, 0.1) is 6.92 Å². The molecule has 0 bridgehead atoms. The molecule has 0 atom stereocenters. The van der Waals surface area contributed by atoms with Gasteiger partial charge in [0.2, 0.25) is 5.76 Å². The summed E-state index contributed by atoms with van der Waals surface area (Å²) >= 11 is 7.51. The third-order valence-electron chi connectivity index (χ3n) is 4.34. The molecule has 0 saturated carbocycles. The summed E-state index contributed by atoms with van der Waals surface area (Å²) in [6.45, 7) is 1.81. The molecule has 4 rings (SSSR count). The molecule has 3 aromatic heterocycles. The fraction of sp³-hybridized carbons (Fsp3) is 0.143. The van der Waals surface area contributed by atoms with Crippen molar-refractivity contribution < 1.29 is 13.9 Å². The van der Waals surface area contributed by atoms with Crippen molar-refractivity contribution in [1.82, 2.24) is 19.7 Å². The number of pyridine rings is 1. The maximum absolute atomic E-state index is 11.8. The normalized spacial score (nSPS) is 10.9. The van der Waals surface area contributed by atoms with Crippen molar-refractivity contribution in [1.29, 1.82) is 0 Å². The van der Waals surface area contributed by atoms with E-state index in [9.17, 15) is 4.79 Å². The Morgan fingerprint density at radius 2 is 1.90 bits per heavy atom. The second-order valence-electron chi connectivity index (χ2n) is 6.36. The number of nitrogens with zero attached hydrogens (tertiary/aromatic N) is 4. The molecule has 0 amide bonds. The first kappa shape index (κ1) is 20.2. The Balaban J connectivity index is 1.67. The van der Waals surface area contributed by atoms with Gasteiger partial charge in [0.05, 0.1) is 12.9 Å². The Hall–Kier alpha value is -3.10. The minimum absolute atomic E-state index is 0.213. The number of aryl methyl sites for hydroxylation is 1. The number of carbonyl (C=O) groups is 1. The van der Waals surface area contributed by atoms with Gasteiger partial charge in [-0.3, -0.25) is 9.55 Å². The number of hydrogen-bond acceptors (Lipinski definition) is 7. The minimum atomic E-state index is -0.493.